The van der Waals surface area contributed by atoms with Gasteiger partial charge in [-0.1, -0.05) is 36.4 Å². The van der Waals surface area contributed by atoms with Crippen LogP contribution in [0.3, 0.4) is 0 Å². The number of thiazole rings is 1. The predicted octanol–water partition coefficient (Wildman–Crippen LogP) is 4.82. The molecule has 1 aliphatic rings. The first kappa shape index (κ1) is 16.9. The van der Waals surface area contributed by atoms with Crippen LogP contribution in [0.1, 0.15) is 29.5 Å². The number of nitrogens with zero attached hydrogens (tertiary/aromatic N) is 3. The maximum Gasteiger partial charge on any atom is 0.259 e. The lowest BCUT2D eigenvalue weighted by Gasteiger charge is -2.23. The minimum Gasteiger partial charge on any atom is -0.290 e. The molecule has 0 saturated carbocycles. The Hall–Kier alpha value is -2.28. The summed E-state index contributed by atoms with van der Waals surface area (Å²) < 4.78 is 1.73. The third kappa shape index (κ3) is 3.14. The molecule has 5 rings (SSSR count). The number of hydrogen-bond acceptors (Lipinski definition) is 5. The molecule has 1 fully saturated rings. The van der Waals surface area contributed by atoms with Gasteiger partial charge in [-0.2, -0.15) is 0 Å². The third-order valence-corrected chi connectivity index (χ3v) is 6.93. The highest BCUT2D eigenvalue weighted by atomic mass is 32.1. The molecule has 4 heterocycles. The fourth-order valence-electron chi connectivity index (χ4n) is 3.88. The minimum atomic E-state index is 0.00183. The van der Waals surface area contributed by atoms with Crippen LogP contribution in [0.5, 0.6) is 0 Å². The zero-order valence-corrected chi connectivity index (χ0v) is 16.4. The van der Waals surface area contributed by atoms with Crippen molar-refractivity contribution in [2.45, 2.75) is 25.4 Å². The van der Waals surface area contributed by atoms with Crippen LogP contribution in [0.2, 0.25) is 0 Å². The van der Waals surface area contributed by atoms with E-state index < -0.39 is 0 Å². The van der Waals surface area contributed by atoms with E-state index in [1.807, 2.05) is 47.0 Å². The summed E-state index contributed by atoms with van der Waals surface area (Å²) in [6.45, 7) is 1.79. The van der Waals surface area contributed by atoms with Crippen LogP contribution in [0.4, 0.5) is 0 Å². The van der Waals surface area contributed by atoms with Gasteiger partial charge in [-0.3, -0.25) is 14.1 Å². The molecule has 0 bridgehead atoms. The molecule has 0 spiro atoms. The first-order chi connectivity index (χ1) is 13.3. The van der Waals surface area contributed by atoms with Crippen molar-refractivity contribution < 1.29 is 0 Å². The summed E-state index contributed by atoms with van der Waals surface area (Å²) in [5.41, 5.74) is 2.82. The molecule has 4 aromatic rings. The lowest BCUT2D eigenvalue weighted by molar-refractivity contribution is 0.248. The van der Waals surface area contributed by atoms with Crippen LogP contribution in [0.15, 0.2) is 64.1 Å². The summed E-state index contributed by atoms with van der Waals surface area (Å²) in [6.07, 6.45) is 2.37. The van der Waals surface area contributed by atoms with E-state index in [0.717, 1.165) is 35.0 Å². The first-order valence-corrected chi connectivity index (χ1v) is 10.9. The molecule has 27 heavy (non-hydrogen) atoms. The molecule has 0 aliphatic carbocycles. The molecule has 0 N–H and O–H groups in total. The van der Waals surface area contributed by atoms with Gasteiger partial charge in [0.05, 0.1) is 11.4 Å². The molecule has 1 aromatic carbocycles. The van der Waals surface area contributed by atoms with Gasteiger partial charge in [0.15, 0.2) is 4.96 Å². The van der Waals surface area contributed by atoms with Crippen molar-refractivity contribution in [3.8, 4) is 11.3 Å². The van der Waals surface area contributed by atoms with E-state index in [-0.39, 0.29) is 5.56 Å². The third-order valence-electron chi connectivity index (χ3n) is 5.13. The molecule has 0 unspecified atom stereocenters. The van der Waals surface area contributed by atoms with Crippen molar-refractivity contribution in [1.82, 2.24) is 14.3 Å². The number of thiophene rings is 1. The van der Waals surface area contributed by atoms with Crippen molar-refractivity contribution in [3.05, 3.63) is 80.2 Å². The molecule has 1 atom stereocenters. The van der Waals surface area contributed by atoms with E-state index in [4.69, 9.17) is 4.98 Å². The van der Waals surface area contributed by atoms with Crippen LogP contribution in [-0.4, -0.2) is 20.8 Å². The van der Waals surface area contributed by atoms with Crippen molar-refractivity contribution in [2.75, 3.05) is 6.54 Å². The minimum absolute atomic E-state index is 0.00183. The van der Waals surface area contributed by atoms with Gasteiger partial charge < -0.3 is 0 Å². The van der Waals surface area contributed by atoms with Gasteiger partial charge in [-0.25, -0.2) is 4.98 Å². The number of benzene rings is 1. The van der Waals surface area contributed by atoms with E-state index in [1.165, 1.54) is 29.1 Å². The van der Waals surface area contributed by atoms with E-state index in [0.29, 0.717) is 6.04 Å². The summed E-state index contributed by atoms with van der Waals surface area (Å²) in [6, 6.07) is 16.5. The lowest BCUT2D eigenvalue weighted by atomic mass is 10.2. The second kappa shape index (κ2) is 7.03. The summed E-state index contributed by atoms with van der Waals surface area (Å²) >= 11 is 3.34. The van der Waals surface area contributed by atoms with Gasteiger partial charge in [0.25, 0.3) is 5.56 Å². The SMILES string of the molecule is O=c1cc(CN2CCC[C@H]2c2cccs2)nc2scc(-c3ccccc3)n12. The van der Waals surface area contributed by atoms with E-state index in [9.17, 15) is 4.79 Å². The Morgan fingerprint density at radius 1 is 1.11 bits per heavy atom. The maximum atomic E-state index is 12.9. The van der Waals surface area contributed by atoms with Crippen LogP contribution >= 0.6 is 22.7 Å². The highest BCUT2D eigenvalue weighted by molar-refractivity contribution is 7.15. The monoisotopic (exact) mass is 393 g/mol. The summed E-state index contributed by atoms with van der Waals surface area (Å²) in [7, 11) is 0. The largest absolute Gasteiger partial charge is 0.290 e. The van der Waals surface area contributed by atoms with E-state index in [1.54, 1.807) is 10.5 Å². The number of aromatic nitrogens is 2. The highest BCUT2D eigenvalue weighted by Crippen LogP contribution is 2.35. The molecule has 6 heteroatoms. The van der Waals surface area contributed by atoms with Crippen LogP contribution in [0, 0.1) is 0 Å². The second-order valence-electron chi connectivity index (χ2n) is 6.83. The average Bonchev–Trinajstić information content (AvgIpc) is 3.42. The Morgan fingerprint density at radius 3 is 2.81 bits per heavy atom. The van der Waals surface area contributed by atoms with Gasteiger partial charge in [0.2, 0.25) is 0 Å². The number of rotatable bonds is 4. The summed E-state index contributed by atoms with van der Waals surface area (Å²) in [5, 5.41) is 4.16. The molecular formula is C21H19N3OS2. The molecular weight excluding hydrogens is 374 g/mol. The fraction of sp³-hybridized carbons (Fsp3) is 0.238. The number of likely N-dealkylation sites (tertiary alicyclic amines) is 1. The van der Waals surface area contributed by atoms with Crippen molar-refractivity contribution in [2.24, 2.45) is 0 Å². The zero-order chi connectivity index (χ0) is 18.2. The van der Waals surface area contributed by atoms with Gasteiger partial charge in [-0.05, 0) is 36.4 Å². The average molecular weight is 394 g/mol. The van der Waals surface area contributed by atoms with E-state index >= 15 is 0 Å². The number of fused-ring (bicyclic) bond motifs is 1. The standard InChI is InChI=1S/C21H19N3OS2/c25-20-12-16(13-23-10-4-8-17(23)19-9-5-11-26-19)22-21-24(20)18(14-27-21)15-6-2-1-3-7-15/h1-3,5-7,9,11-12,14,17H,4,8,10,13H2/t17-/m0/s1. The molecule has 0 amide bonds. The van der Waals surface area contributed by atoms with Crippen molar-refractivity contribution in [3.63, 3.8) is 0 Å². The maximum absolute atomic E-state index is 12.9. The molecule has 3 aromatic heterocycles. The topological polar surface area (TPSA) is 37.6 Å². The first-order valence-electron chi connectivity index (χ1n) is 9.12. The van der Waals surface area contributed by atoms with Gasteiger partial charge in [0, 0.05) is 28.9 Å². The Labute approximate surface area is 165 Å². The van der Waals surface area contributed by atoms with Gasteiger partial charge >= 0.3 is 0 Å². The Morgan fingerprint density at radius 2 is 2.00 bits per heavy atom. The molecule has 1 aliphatic heterocycles. The Balaban J connectivity index is 1.48. The molecule has 0 radical (unpaired) electrons. The fourth-order valence-corrected chi connectivity index (χ4v) is 5.70. The smallest absolute Gasteiger partial charge is 0.259 e. The second-order valence-corrected chi connectivity index (χ2v) is 8.65. The van der Waals surface area contributed by atoms with Crippen molar-refractivity contribution >= 4 is 27.6 Å². The molecule has 1 saturated heterocycles. The highest BCUT2D eigenvalue weighted by Gasteiger charge is 2.27. The van der Waals surface area contributed by atoms with Crippen LogP contribution in [0.25, 0.3) is 16.2 Å². The summed E-state index contributed by atoms with van der Waals surface area (Å²) in [5.74, 6) is 0. The normalized spacial score (nSPS) is 17.7. The van der Waals surface area contributed by atoms with Gasteiger partial charge in [-0.15, -0.1) is 22.7 Å². The Kier molecular flexibility index (Phi) is 4.39. The van der Waals surface area contributed by atoms with Crippen LogP contribution < -0.4 is 5.56 Å². The molecule has 4 nitrogen and oxygen atoms in total. The summed E-state index contributed by atoms with van der Waals surface area (Å²) in [4.78, 5) is 22.3. The predicted molar refractivity (Wildman–Crippen MR) is 111 cm³/mol. The number of hydrogen-bond donors (Lipinski definition) is 0. The quantitative estimate of drug-likeness (QED) is 0.499. The van der Waals surface area contributed by atoms with Crippen LogP contribution in [-0.2, 0) is 6.54 Å². The Bertz CT molecular complexity index is 1120. The zero-order valence-electron chi connectivity index (χ0n) is 14.7. The lowest BCUT2D eigenvalue weighted by Crippen LogP contribution is -2.24. The van der Waals surface area contributed by atoms with E-state index in [2.05, 4.69) is 22.4 Å². The van der Waals surface area contributed by atoms with Gasteiger partial charge in [0.1, 0.15) is 0 Å². The molecule has 136 valence electrons. The van der Waals surface area contributed by atoms with Crippen molar-refractivity contribution in [1.29, 1.82) is 0 Å².